The number of aromatic amines is 1. The van der Waals surface area contributed by atoms with Crippen LogP contribution in [-0.4, -0.2) is 33.1 Å². The minimum Gasteiger partial charge on any atom is -0.384 e. The topological polar surface area (TPSA) is 52.2 Å². The molecular weight excluding hydrogens is 286 g/mol. The van der Waals surface area contributed by atoms with Gasteiger partial charge in [0.1, 0.15) is 5.60 Å². The first-order valence-corrected chi connectivity index (χ1v) is 8.16. The molecule has 3 aromatic rings. The number of aliphatic hydroxyl groups is 1. The van der Waals surface area contributed by atoms with E-state index in [1.807, 2.05) is 24.3 Å². The second kappa shape index (κ2) is 5.80. The minimum absolute atomic E-state index is 0.743. The van der Waals surface area contributed by atoms with E-state index in [1.54, 1.807) is 6.20 Å². The van der Waals surface area contributed by atoms with Crippen LogP contribution in [-0.2, 0) is 12.1 Å². The van der Waals surface area contributed by atoms with Crippen LogP contribution in [0.15, 0.2) is 54.7 Å². The van der Waals surface area contributed by atoms with Crippen molar-refractivity contribution in [2.45, 2.75) is 25.0 Å². The summed E-state index contributed by atoms with van der Waals surface area (Å²) >= 11 is 0. The lowest BCUT2D eigenvalue weighted by molar-refractivity contribution is -0.0305. The standard InChI is InChI=1S/C19H21N3O/c23-19(18-13-17-16(21-18)7-4-10-20-17)8-11-22(12-9-19)14-15-5-2-1-3-6-15/h1-7,10,13,21,23H,8-9,11-12,14H2. The maximum absolute atomic E-state index is 11.0. The smallest absolute Gasteiger partial charge is 0.107 e. The van der Waals surface area contributed by atoms with Crippen molar-refractivity contribution in [2.24, 2.45) is 0 Å². The third-order valence-electron chi connectivity index (χ3n) is 4.82. The third kappa shape index (κ3) is 2.87. The Bertz CT molecular complexity index is 755. The molecule has 1 aromatic carbocycles. The lowest BCUT2D eigenvalue weighted by Crippen LogP contribution is -2.42. The third-order valence-corrected chi connectivity index (χ3v) is 4.82. The first-order valence-electron chi connectivity index (χ1n) is 8.16. The van der Waals surface area contributed by atoms with Crippen molar-refractivity contribution in [3.8, 4) is 0 Å². The molecule has 4 rings (SSSR count). The van der Waals surface area contributed by atoms with Crippen molar-refractivity contribution in [1.29, 1.82) is 0 Å². The van der Waals surface area contributed by atoms with Gasteiger partial charge in [-0.15, -0.1) is 0 Å². The molecule has 0 radical (unpaired) electrons. The Kier molecular flexibility index (Phi) is 3.63. The van der Waals surface area contributed by atoms with E-state index in [0.29, 0.717) is 0 Å². The zero-order valence-corrected chi connectivity index (χ0v) is 13.1. The van der Waals surface area contributed by atoms with E-state index in [4.69, 9.17) is 0 Å². The molecule has 1 saturated heterocycles. The van der Waals surface area contributed by atoms with Crippen LogP contribution in [0.2, 0.25) is 0 Å². The minimum atomic E-state index is -0.770. The Morgan fingerprint density at radius 3 is 2.61 bits per heavy atom. The van der Waals surface area contributed by atoms with Gasteiger partial charge in [-0.2, -0.15) is 0 Å². The highest BCUT2D eigenvalue weighted by molar-refractivity contribution is 5.75. The number of fused-ring (bicyclic) bond motifs is 1. The Hall–Kier alpha value is -2.17. The predicted molar refractivity (Wildman–Crippen MR) is 90.9 cm³/mol. The van der Waals surface area contributed by atoms with Crippen LogP contribution >= 0.6 is 0 Å². The SMILES string of the molecule is OC1(c2cc3ncccc3[nH]2)CCN(Cc2ccccc2)CC1. The number of pyridine rings is 1. The molecule has 1 fully saturated rings. The van der Waals surface area contributed by atoms with Crippen LogP contribution in [0.5, 0.6) is 0 Å². The van der Waals surface area contributed by atoms with Gasteiger partial charge >= 0.3 is 0 Å². The lowest BCUT2D eigenvalue weighted by atomic mass is 9.88. The number of H-pyrrole nitrogens is 1. The van der Waals surface area contributed by atoms with Crippen molar-refractivity contribution in [3.63, 3.8) is 0 Å². The Labute approximate surface area is 135 Å². The number of rotatable bonds is 3. The number of likely N-dealkylation sites (tertiary alicyclic amines) is 1. The van der Waals surface area contributed by atoms with E-state index in [0.717, 1.165) is 49.2 Å². The molecule has 0 aliphatic carbocycles. The summed E-state index contributed by atoms with van der Waals surface area (Å²) in [5.41, 5.74) is 3.36. The van der Waals surface area contributed by atoms with Gasteiger partial charge < -0.3 is 10.1 Å². The highest BCUT2D eigenvalue weighted by Crippen LogP contribution is 2.34. The normalized spacial score (nSPS) is 18.3. The lowest BCUT2D eigenvalue weighted by Gasteiger charge is -2.37. The molecule has 0 spiro atoms. The molecule has 2 N–H and O–H groups in total. The summed E-state index contributed by atoms with van der Waals surface area (Å²) in [4.78, 5) is 10.1. The number of hydrogen-bond donors (Lipinski definition) is 2. The zero-order chi connectivity index (χ0) is 15.7. The van der Waals surface area contributed by atoms with Crippen LogP contribution in [0.3, 0.4) is 0 Å². The summed E-state index contributed by atoms with van der Waals surface area (Å²) in [5.74, 6) is 0. The molecule has 0 atom stereocenters. The van der Waals surface area contributed by atoms with Gasteiger partial charge in [0.15, 0.2) is 0 Å². The molecule has 4 nitrogen and oxygen atoms in total. The Morgan fingerprint density at radius 1 is 1.09 bits per heavy atom. The number of benzene rings is 1. The van der Waals surface area contributed by atoms with E-state index in [-0.39, 0.29) is 0 Å². The van der Waals surface area contributed by atoms with Gasteiger partial charge in [-0.05, 0) is 36.6 Å². The van der Waals surface area contributed by atoms with Gasteiger partial charge in [-0.3, -0.25) is 9.88 Å². The Balaban J connectivity index is 1.47. The molecule has 0 unspecified atom stereocenters. The average molecular weight is 307 g/mol. The molecule has 1 aliphatic heterocycles. The van der Waals surface area contributed by atoms with E-state index in [1.165, 1.54) is 5.56 Å². The van der Waals surface area contributed by atoms with Gasteiger partial charge in [0.25, 0.3) is 0 Å². The quantitative estimate of drug-likeness (QED) is 0.782. The molecule has 4 heteroatoms. The van der Waals surface area contributed by atoms with Crippen LogP contribution < -0.4 is 0 Å². The largest absolute Gasteiger partial charge is 0.384 e. The van der Waals surface area contributed by atoms with Crippen molar-refractivity contribution >= 4 is 11.0 Å². The fraction of sp³-hybridized carbons (Fsp3) is 0.316. The maximum Gasteiger partial charge on any atom is 0.107 e. The van der Waals surface area contributed by atoms with Crippen molar-refractivity contribution in [3.05, 3.63) is 66.0 Å². The van der Waals surface area contributed by atoms with Gasteiger partial charge in [0.2, 0.25) is 0 Å². The van der Waals surface area contributed by atoms with E-state index < -0.39 is 5.60 Å². The van der Waals surface area contributed by atoms with E-state index in [9.17, 15) is 5.11 Å². The second-order valence-electron chi connectivity index (χ2n) is 6.41. The first kappa shape index (κ1) is 14.4. The summed E-state index contributed by atoms with van der Waals surface area (Å²) in [6, 6.07) is 16.4. The van der Waals surface area contributed by atoms with E-state index in [2.05, 4.69) is 39.1 Å². The molecule has 1 aliphatic rings. The van der Waals surface area contributed by atoms with Gasteiger partial charge in [0.05, 0.1) is 11.0 Å². The van der Waals surface area contributed by atoms with Gasteiger partial charge in [-0.25, -0.2) is 0 Å². The number of nitrogens with zero attached hydrogens (tertiary/aromatic N) is 2. The summed E-state index contributed by atoms with van der Waals surface area (Å²) in [6.45, 7) is 2.74. The summed E-state index contributed by atoms with van der Waals surface area (Å²) in [6.07, 6.45) is 3.27. The average Bonchev–Trinajstić information content (AvgIpc) is 3.03. The molecular formula is C19H21N3O. The maximum atomic E-state index is 11.0. The highest BCUT2D eigenvalue weighted by Gasteiger charge is 2.35. The molecule has 3 heterocycles. The van der Waals surface area contributed by atoms with Crippen LogP contribution in [0.25, 0.3) is 11.0 Å². The number of aromatic nitrogens is 2. The van der Waals surface area contributed by atoms with Crippen LogP contribution in [0.4, 0.5) is 0 Å². The zero-order valence-electron chi connectivity index (χ0n) is 13.1. The first-order chi connectivity index (χ1) is 11.2. The molecule has 0 amide bonds. The molecule has 2 aromatic heterocycles. The molecule has 23 heavy (non-hydrogen) atoms. The van der Waals surface area contributed by atoms with Gasteiger partial charge in [-0.1, -0.05) is 30.3 Å². The fourth-order valence-corrected chi connectivity index (χ4v) is 3.40. The predicted octanol–water partition coefficient (Wildman–Crippen LogP) is 3.05. The molecule has 0 bridgehead atoms. The summed E-state index contributed by atoms with van der Waals surface area (Å²) in [7, 11) is 0. The van der Waals surface area contributed by atoms with Crippen LogP contribution in [0, 0.1) is 0 Å². The monoisotopic (exact) mass is 307 g/mol. The van der Waals surface area contributed by atoms with E-state index >= 15 is 0 Å². The number of nitrogens with one attached hydrogen (secondary N) is 1. The molecule has 0 saturated carbocycles. The van der Waals surface area contributed by atoms with Crippen molar-refractivity contribution in [2.75, 3.05) is 13.1 Å². The van der Waals surface area contributed by atoms with Crippen LogP contribution in [0.1, 0.15) is 24.1 Å². The number of piperidine rings is 1. The second-order valence-corrected chi connectivity index (χ2v) is 6.41. The van der Waals surface area contributed by atoms with Gasteiger partial charge in [0, 0.05) is 31.5 Å². The number of hydrogen-bond acceptors (Lipinski definition) is 3. The molecule has 118 valence electrons. The fourth-order valence-electron chi connectivity index (χ4n) is 3.40. The summed E-state index contributed by atoms with van der Waals surface area (Å²) < 4.78 is 0. The van der Waals surface area contributed by atoms with Crippen molar-refractivity contribution < 1.29 is 5.11 Å². The highest BCUT2D eigenvalue weighted by atomic mass is 16.3. The summed E-state index contributed by atoms with van der Waals surface area (Å²) in [5, 5.41) is 11.0. The Morgan fingerprint density at radius 2 is 1.87 bits per heavy atom. The van der Waals surface area contributed by atoms with Crippen molar-refractivity contribution in [1.82, 2.24) is 14.9 Å².